The maximum atomic E-state index is 13.3. The molecule has 9 heteroatoms. The largest absolute Gasteiger partial charge is 0.339 e. The monoisotopic (exact) mass is 443 g/mol. The number of amides is 2. The second-order valence-electron chi connectivity index (χ2n) is 7.41. The summed E-state index contributed by atoms with van der Waals surface area (Å²) in [5.74, 6) is -0.666. The van der Waals surface area contributed by atoms with Crippen LogP contribution in [0.4, 0.5) is 0 Å². The first-order valence-corrected chi connectivity index (χ1v) is 10.1. The Labute approximate surface area is 179 Å². The van der Waals surface area contributed by atoms with E-state index >= 15 is 0 Å². The summed E-state index contributed by atoms with van der Waals surface area (Å²) in [5, 5.41) is 9.89. The molecule has 3 rings (SSSR count). The first-order chi connectivity index (χ1) is 12.5. The number of rotatable bonds is 1. The van der Waals surface area contributed by atoms with E-state index in [9.17, 15) is 14.9 Å². The fraction of sp³-hybridized carbons (Fsp3) is 0.500. The van der Waals surface area contributed by atoms with Gasteiger partial charge in [-0.25, -0.2) is 0 Å². The smallest absolute Gasteiger partial charge is 0.258 e. The van der Waals surface area contributed by atoms with E-state index in [4.69, 9.17) is 23.2 Å². The highest BCUT2D eigenvalue weighted by molar-refractivity contribution is 7.83. The number of halogens is 2. The molecule has 0 aromatic heterocycles. The van der Waals surface area contributed by atoms with E-state index in [1.807, 2.05) is 0 Å². The quantitative estimate of drug-likeness (QED) is 0.651. The molecule has 0 spiro atoms. The van der Waals surface area contributed by atoms with Gasteiger partial charge in [0.05, 0.1) is 27.6 Å². The van der Waals surface area contributed by atoms with Gasteiger partial charge in [-0.2, -0.15) is 17.9 Å². The summed E-state index contributed by atoms with van der Waals surface area (Å²) in [5.41, 5.74) is -0.414. The highest BCUT2D eigenvalue weighted by Crippen LogP contribution is 2.57. The minimum Gasteiger partial charge on any atom is -0.339 e. The van der Waals surface area contributed by atoms with E-state index < -0.39 is 27.6 Å². The molecule has 5 nitrogen and oxygen atoms in total. The molecular formula is C18H19Cl2N3O2S2. The van der Waals surface area contributed by atoms with Crippen LogP contribution in [0.15, 0.2) is 18.2 Å². The van der Waals surface area contributed by atoms with Crippen molar-refractivity contribution in [1.29, 1.82) is 5.26 Å². The van der Waals surface area contributed by atoms with Crippen molar-refractivity contribution in [3.63, 3.8) is 0 Å². The van der Waals surface area contributed by atoms with Crippen LogP contribution in [0, 0.1) is 16.7 Å². The average Bonchev–Trinajstić information content (AvgIpc) is 2.87. The summed E-state index contributed by atoms with van der Waals surface area (Å²) in [6, 6.07) is 6.14. The average molecular weight is 444 g/mol. The Morgan fingerprint density at radius 2 is 1.93 bits per heavy atom. The lowest BCUT2D eigenvalue weighted by Gasteiger charge is -2.36. The molecule has 144 valence electrons. The highest BCUT2D eigenvalue weighted by atomic mass is 35.5. The number of hydrogen-bond donors (Lipinski definition) is 2. The summed E-state index contributed by atoms with van der Waals surface area (Å²) in [6.07, 6.45) is 0.0899. The summed E-state index contributed by atoms with van der Waals surface area (Å²) < 4.78 is 0. The number of fused-ring (bicyclic) bond motifs is 1. The molecule has 1 aromatic rings. The lowest BCUT2D eigenvalue weighted by molar-refractivity contribution is -0.142. The number of carbonyl (C=O) groups is 2. The Kier molecular flexibility index (Phi) is 5.18. The van der Waals surface area contributed by atoms with Crippen LogP contribution >= 0.6 is 48.5 Å². The summed E-state index contributed by atoms with van der Waals surface area (Å²) in [6.45, 7) is 3.49. The van der Waals surface area contributed by atoms with Gasteiger partial charge in [0.15, 0.2) is 4.87 Å². The minimum absolute atomic E-state index is 0.0899. The van der Waals surface area contributed by atoms with Gasteiger partial charge in [-0.3, -0.25) is 9.59 Å². The first-order valence-electron chi connectivity index (χ1n) is 8.35. The molecule has 0 N–H and O–H groups in total. The van der Waals surface area contributed by atoms with E-state index in [0.29, 0.717) is 15.6 Å². The highest BCUT2D eigenvalue weighted by Gasteiger charge is 2.65. The molecule has 3 unspecified atom stereocenters. The van der Waals surface area contributed by atoms with E-state index in [-0.39, 0.29) is 18.2 Å². The Bertz CT molecular complexity index is 877. The van der Waals surface area contributed by atoms with Gasteiger partial charge in [0.1, 0.15) is 5.25 Å². The molecule has 1 aromatic carbocycles. The number of nitriles is 1. The molecule has 27 heavy (non-hydrogen) atoms. The number of hydrogen-bond acceptors (Lipinski definition) is 5. The van der Waals surface area contributed by atoms with Crippen molar-refractivity contribution in [2.45, 2.75) is 42.5 Å². The molecule has 2 saturated heterocycles. The van der Waals surface area contributed by atoms with Crippen LogP contribution in [-0.4, -0.2) is 44.8 Å². The van der Waals surface area contributed by atoms with Crippen molar-refractivity contribution in [3.05, 3.63) is 33.8 Å². The fourth-order valence-electron chi connectivity index (χ4n) is 4.01. The predicted octanol–water partition coefficient (Wildman–Crippen LogP) is 3.58. The summed E-state index contributed by atoms with van der Waals surface area (Å²) >= 11 is 21.3. The number of nitrogens with zero attached hydrogens (tertiary/aromatic N) is 3. The van der Waals surface area contributed by atoms with Crippen molar-refractivity contribution in [1.82, 2.24) is 9.80 Å². The molecule has 2 aliphatic rings. The van der Waals surface area contributed by atoms with Crippen LogP contribution in [0.25, 0.3) is 0 Å². The predicted molar refractivity (Wildman–Crippen MR) is 111 cm³/mol. The molecule has 2 aliphatic heterocycles. The van der Waals surface area contributed by atoms with Gasteiger partial charge in [-0.1, -0.05) is 29.3 Å². The Morgan fingerprint density at radius 1 is 1.30 bits per heavy atom. The SMILES string of the molecule is CC1C(S)C(=O)N2C(c3ccc(Cl)c(Cl)c3)[C@@](C)(C#N)C[C@@]2(S)C(=O)N1C. The standard InChI is InChI=1S/C18H19Cl2N3O2S2/c1-9-13(26)15(24)23-14(10-4-5-11(19)12(20)6-10)17(2,8-21)7-18(23,27)16(25)22(9)3/h4-6,9,13-14,26-27H,7H2,1-3H3/t9?,13?,14?,17-,18-/m1/s1. The van der Waals surface area contributed by atoms with Crippen LogP contribution in [0.2, 0.25) is 10.0 Å². The number of benzene rings is 1. The zero-order valence-corrected chi connectivity index (χ0v) is 18.3. The maximum Gasteiger partial charge on any atom is 0.258 e. The molecule has 0 saturated carbocycles. The van der Waals surface area contributed by atoms with Gasteiger partial charge < -0.3 is 9.80 Å². The molecule has 0 radical (unpaired) electrons. The van der Waals surface area contributed by atoms with Crippen LogP contribution in [0.3, 0.4) is 0 Å². The summed E-state index contributed by atoms with van der Waals surface area (Å²) in [4.78, 5) is 28.0. The van der Waals surface area contributed by atoms with Gasteiger partial charge in [0.2, 0.25) is 5.91 Å². The fourth-order valence-corrected chi connectivity index (χ4v) is 5.34. The third-order valence-corrected chi connectivity index (χ3v) is 7.57. The van der Waals surface area contributed by atoms with Crippen molar-refractivity contribution in [2.24, 2.45) is 5.41 Å². The molecule has 0 aliphatic carbocycles. The molecule has 5 atom stereocenters. The van der Waals surface area contributed by atoms with Crippen molar-refractivity contribution < 1.29 is 9.59 Å². The topological polar surface area (TPSA) is 64.4 Å². The van der Waals surface area contributed by atoms with Crippen molar-refractivity contribution >= 4 is 60.3 Å². The zero-order valence-electron chi connectivity index (χ0n) is 15.0. The van der Waals surface area contributed by atoms with E-state index in [0.717, 1.165) is 0 Å². The van der Waals surface area contributed by atoms with Crippen LogP contribution in [0.5, 0.6) is 0 Å². The number of carbonyl (C=O) groups excluding carboxylic acids is 2. The minimum atomic E-state index is -1.45. The van der Waals surface area contributed by atoms with E-state index in [1.54, 1.807) is 39.1 Å². The Hall–Kier alpha value is -1.07. The molecule has 0 bridgehead atoms. The lowest BCUT2D eigenvalue weighted by Crippen LogP contribution is -2.52. The van der Waals surface area contributed by atoms with Gasteiger partial charge in [-0.15, -0.1) is 12.6 Å². The summed E-state index contributed by atoms with van der Waals surface area (Å²) in [7, 11) is 1.63. The van der Waals surface area contributed by atoms with E-state index in [1.165, 1.54) is 9.80 Å². The van der Waals surface area contributed by atoms with Gasteiger partial charge >= 0.3 is 0 Å². The number of thiol groups is 2. The van der Waals surface area contributed by atoms with Gasteiger partial charge in [0, 0.05) is 19.5 Å². The first kappa shape index (κ1) is 20.7. The number of likely N-dealkylation sites (N-methyl/N-ethyl adjacent to an activating group) is 1. The van der Waals surface area contributed by atoms with Gasteiger partial charge in [0.25, 0.3) is 5.91 Å². The van der Waals surface area contributed by atoms with E-state index in [2.05, 4.69) is 31.3 Å². The molecule has 2 heterocycles. The zero-order chi connectivity index (χ0) is 20.3. The lowest BCUT2D eigenvalue weighted by atomic mass is 9.79. The molecular weight excluding hydrogens is 425 g/mol. The molecule has 2 fully saturated rings. The van der Waals surface area contributed by atoms with Crippen molar-refractivity contribution in [3.8, 4) is 6.07 Å². The Morgan fingerprint density at radius 3 is 2.48 bits per heavy atom. The normalized spacial score (nSPS) is 36.4. The maximum absolute atomic E-state index is 13.3. The Balaban J connectivity index is 2.25. The van der Waals surface area contributed by atoms with Crippen LogP contribution in [-0.2, 0) is 9.59 Å². The third kappa shape index (κ3) is 2.93. The van der Waals surface area contributed by atoms with Crippen LogP contribution < -0.4 is 0 Å². The van der Waals surface area contributed by atoms with Gasteiger partial charge in [-0.05, 0) is 31.5 Å². The molecule has 2 amide bonds. The third-order valence-electron chi connectivity index (χ3n) is 5.61. The van der Waals surface area contributed by atoms with Crippen LogP contribution in [0.1, 0.15) is 31.9 Å². The second-order valence-corrected chi connectivity index (χ2v) is 9.52. The van der Waals surface area contributed by atoms with Crippen molar-refractivity contribution in [2.75, 3.05) is 7.05 Å². The second kappa shape index (κ2) is 6.77.